The van der Waals surface area contributed by atoms with Crippen molar-refractivity contribution >= 4 is 23.0 Å². The van der Waals surface area contributed by atoms with Crippen LogP contribution in [-0.2, 0) is 25.5 Å². The first-order valence-electron chi connectivity index (χ1n) is 13.1. The van der Waals surface area contributed by atoms with Crippen molar-refractivity contribution in [2.75, 3.05) is 20.0 Å². The van der Waals surface area contributed by atoms with E-state index in [2.05, 4.69) is 13.2 Å². The largest absolute Gasteiger partial charge is 0.497 e. The molecule has 0 aliphatic carbocycles. The molecule has 0 spiro atoms. The van der Waals surface area contributed by atoms with Gasteiger partial charge in [0.15, 0.2) is 5.79 Å². The van der Waals surface area contributed by atoms with Crippen LogP contribution in [0.25, 0.3) is 0 Å². The molecular weight excluding hydrogens is 490 g/mol. The smallest absolute Gasteiger partial charge is 0.306 e. The van der Waals surface area contributed by atoms with E-state index in [1.54, 1.807) is 14.2 Å². The van der Waals surface area contributed by atoms with E-state index < -0.39 is 5.79 Å². The van der Waals surface area contributed by atoms with Crippen molar-refractivity contribution in [3.05, 3.63) is 55.1 Å². The van der Waals surface area contributed by atoms with Gasteiger partial charge in [0.2, 0.25) is 0 Å². The lowest BCUT2D eigenvalue weighted by molar-refractivity contribution is -0.306. The van der Waals surface area contributed by atoms with Gasteiger partial charge in [-0.3, -0.25) is 9.59 Å². The normalized spacial score (nSPS) is 25.6. The highest BCUT2D eigenvalue weighted by molar-refractivity contribution is 8.13. The van der Waals surface area contributed by atoms with Gasteiger partial charge in [-0.2, -0.15) is 0 Å². The first-order chi connectivity index (χ1) is 17.9. The van der Waals surface area contributed by atoms with Crippen LogP contribution in [0.4, 0.5) is 4.79 Å². The van der Waals surface area contributed by atoms with Gasteiger partial charge in [0.25, 0.3) is 5.24 Å². The molecule has 1 amide bonds. The van der Waals surface area contributed by atoms with E-state index in [1.807, 2.05) is 41.3 Å². The quantitative estimate of drug-likeness (QED) is 0.150. The van der Waals surface area contributed by atoms with Crippen LogP contribution in [0.15, 0.2) is 49.6 Å². The molecule has 1 aromatic rings. The second kappa shape index (κ2) is 14.6. The standard InChI is InChI=1S/C29H41NO6S/c1-5-7-9-11-13-27(31)35-25-18-24(12-10-8-6-2)36-29(19-25,34-4)26-21-37-28(32)30(26)20-22-14-16-23(33-3)17-15-22/h5-6,14-17,24-26H,1-2,7-13,18-21H2,3-4H3/t24-,25-,26+,29-/m1/s1. The highest BCUT2D eigenvalue weighted by Crippen LogP contribution is 2.43. The Bertz CT molecular complexity index is 906. The van der Waals surface area contributed by atoms with Crippen LogP contribution in [0.2, 0.25) is 0 Å². The number of amides is 1. The van der Waals surface area contributed by atoms with Crippen LogP contribution in [0.1, 0.15) is 63.4 Å². The fraction of sp³-hybridized carbons (Fsp3) is 0.586. The van der Waals surface area contributed by atoms with E-state index >= 15 is 0 Å². The summed E-state index contributed by atoms with van der Waals surface area (Å²) in [6, 6.07) is 7.39. The first-order valence-corrected chi connectivity index (χ1v) is 14.1. The zero-order valence-electron chi connectivity index (χ0n) is 22.2. The molecule has 2 saturated heterocycles. The topological polar surface area (TPSA) is 74.3 Å². The summed E-state index contributed by atoms with van der Waals surface area (Å²) in [6.07, 6.45) is 9.86. The van der Waals surface area contributed by atoms with E-state index in [-0.39, 0.29) is 29.5 Å². The minimum atomic E-state index is -1.06. The number of methoxy groups -OCH3 is 2. The molecule has 1 aromatic carbocycles. The van der Waals surface area contributed by atoms with Gasteiger partial charge in [-0.15, -0.1) is 13.2 Å². The van der Waals surface area contributed by atoms with Gasteiger partial charge in [0.05, 0.1) is 19.3 Å². The molecule has 0 aromatic heterocycles. The van der Waals surface area contributed by atoms with Crippen molar-refractivity contribution in [1.29, 1.82) is 0 Å². The Morgan fingerprint density at radius 1 is 1.16 bits per heavy atom. The molecular formula is C29H41NO6S. The third-order valence-corrected chi connectivity index (χ3v) is 7.98. The summed E-state index contributed by atoms with van der Waals surface area (Å²) in [7, 11) is 3.25. The lowest BCUT2D eigenvalue weighted by Gasteiger charge is -2.48. The maximum absolute atomic E-state index is 13.0. The van der Waals surface area contributed by atoms with Gasteiger partial charge in [-0.1, -0.05) is 36.0 Å². The number of rotatable bonds is 15. The number of esters is 1. The average molecular weight is 532 g/mol. The summed E-state index contributed by atoms with van der Waals surface area (Å²) in [5.74, 6) is 0.0571. The number of thioether (sulfide) groups is 1. The molecule has 37 heavy (non-hydrogen) atoms. The molecule has 7 nitrogen and oxygen atoms in total. The van der Waals surface area contributed by atoms with Crippen molar-refractivity contribution in [1.82, 2.24) is 4.90 Å². The van der Waals surface area contributed by atoms with Crippen molar-refractivity contribution in [2.24, 2.45) is 0 Å². The van der Waals surface area contributed by atoms with Crippen LogP contribution in [-0.4, -0.2) is 60.1 Å². The Hall–Kier alpha value is -2.29. The van der Waals surface area contributed by atoms with Gasteiger partial charge in [-0.05, 0) is 56.2 Å². The van der Waals surface area contributed by atoms with Crippen LogP contribution in [0.5, 0.6) is 5.75 Å². The number of ether oxygens (including phenoxy) is 4. The maximum Gasteiger partial charge on any atom is 0.306 e. The Morgan fingerprint density at radius 2 is 1.89 bits per heavy atom. The minimum absolute atomic E-state index is 0.00890. The van der Waals surface area contributed by atoms with Crippen molar-refractivity contribution in [2.45, 2.75) is 88.4 Å². The number of nitrogens with zero attached hydrogens (tertiary/aromatic N) is 1. The molecule has 2 heterocycles. The van der Waals surface area contributed by atoms with E-state index in [1.165, 1.54) is 11.8 Å². The van der Waals surface area contributed by atoms with Crippen molar-refractivity contribution < 1.29 is 28.5 Å². The second-order valence-electron chi connectivity index (χ2n) is 9.63. The van der Waals surface area contributed by atoms with Crippen LogP contribution in [0, 0.1) is 0 Å². The van der Waals surface area contributed by atoms with Crippen LogP contribution >= 0.6 is 11.8 Å². The summed E-state index contributed by atoms with van der Waals surface area (Å²) >= 11 is 1.27. The molecule has 0 N–H and O–H groups in total. The first kappa shape index (κ1) is 29.3. The summed E-state index contributed by atoms with van der Waals surface area (Å²) in [5.41, 5.74) is 0.994. The van der Waals surface area contributed by atoms with Gasteiger partial charge in [-0.25, -0.2) is 0 Å². The Morgan fingerprint density at radius 3 is 2.57 bits per heavy atom. The SMILES string of the molecule is C=CCCCCC(=O)O[C@@H]1C[C@@H](CCCC=C)O[C@@](OC)([C@@H]2CSC(=O)N2Cc2ccc(OC)cc2)C1. The third-order valence-electron chi connectivity index (χ3n) is 7.02. The predicted octanol–water partition coefficient (Wildman–Crippen LogP) is 6.27. The third kappa shape index (κ3) is 8.09. The minimum Gasteiger partial charge on any atom is -0.497 e. The summed E-state index contributed by atoms with van der Waals surface area (Å²) < 4.78 is 24.0. The Balaban J connectivity index is 1.77. The number of carbonyl (C=O) groups is 2. The van der Waals surface area contributed by atoms with E-state index in [0.717, 1.165) is 49.8 Å². The van der Waals surface area contributed by atoms with Crippen molar-refractivity contribution in [3.8, 4) is 5.75 Å². The highest BCUT2D eigenvalue weighted by Gasteiger charge is 2.54. The van der Waals surface area contributed by atoms with Crippen LogP contribution < -0.4 is 4.74 Å². The lowest BCUT2D eigenvalue weighted by Crippen LogP contribution is -2.60. The average Bonchev–Trinajstić information content (AvgIpc) is 3.27. The molecule has 8 heteroatoms. The molecule has 0 saturated carbocycles. The second-order valence-corrected chi connectivity index (χ2v) is 10.6. The van der Waals surface area contributed by atoms with Crippen molar-refractivity contribution in [3.63, 3.8) is 0 Å². The summed E-state index contributed by atoms with van der Waals surface area (Å²) in [6.45, 7) is 7.99. The highest BCUT2D eigenvalue weighted by atomic mass is 32.2. The van der Waals surface area contributed by atoms with E-state index in [4.69, 9.17) is 18.9 Å². The molecule has 0 radical (unpaired) electrons. The number of carbonyl (C=O) groups excluding carboxylic acids is 2. The van der Waals surface area contributed by atoms with Crippen LogP contribution in [0.3, 0.4) is 0 Å². The van der Waals surface area contributed by atoms with E-state index in [9.17, 15) is 9.59 Å². The number of allylic oxidation sites excluding steroid dienone is 2. The monoisotopic (exact) mass is 531 g/mol. The zero-order valence-corrected chi connectivity index (χ0v) is 23.0. The molecule has 0 bridgehead atoms. The zero-order chi connectivity index (χ0) is 26.7. The number of hydrogen-bond donors (Lipinski definition) is 0. The van der Waals surface area contributed by atoms with E-state index in [0.29, 0.717) is 31.6 Å². The van der Waals surface area contributed by atoms with Gasteiger partial charge >= 0.3 is 5.97 Å². The molecule has 3 rings (SSSR count). The molecule has 2 aliphatic heterocycles. The predicted molar refractivity (Wildman–Crippen MR) is 147 cm³/mol. The summed E-state index contributed by atoms with van der Waals surface area (Å²) in [5, 5.41) is -0.00890. The Kier molecular flexibility index (Phi) is 11.5. The number of benzene rings is 1. The number of hydrogen-bond acceptors (Lipinski definition) is 7. The van der Waals surface area contributed by atoms with Gasteiger partial charge in [0, 0.05) is 38.7 Å². The van der Waals surface area contributed by atoms with Gasteiger partial charge in [0.1, 0.15) is 11.9 Å². The van der Waals surface area contributed by atoms with Gasteiger partial charge < -0.3 is 23.8 Å². The summed E-state index contributed by atoms with van der Waals surface area (Å²) in [4.78, 5) is 27.5. The fourth-order valence-electron chi connectivity index (χ4n) is 5.03. The molecule has 204 valence electrons. The molecule has 4 atom stereocenters. The molecule has 0 unspecified atom stereocenters. The lowest BCUT2D eigenvalue weighted by atomic mass is 9.90. The maximum atomic E-state index is 13.0. The fourth-order valence-corrected chi connectivity index (χ4v) is 6.12. The molecule has 2 fully saturated rings. The number of unbranched alkanes of at least 4 members (excludes halogenated alkanes) is 3. The Labute approximate surface area is 225 Å². The molecule has 2 aliphatic rings.